The van der Waals surface area contributed by atoms with Crippen molar-refractivity contribution in [3.05, 3.63) is 47.5 Å². The Balaban J connectivity index is 1.90. The van der Waals surface area contributed by atoms with Crippen molar-refractivity contribution in [2.24, 2.45) is 0 Å². The molecule has 0 radical (unpaired) electrons. The van der Waals surface area contributed by atoms with Crippen molar-refractivity contribution in [2.45, 2.75) is 32.6 Å². The maximum atomic E-state index is 13.9. The first-order valence-electron chi connectivity index (χ1n) is 7.77. The molecule has 0 aliphatic carbocycles. The number of amides is 1. The number of rotatable bonds is 2. The SMILES string of the molecule is Cc1c(C(=O)N2CCCCCC2)cnn1-c1ccccc1F. The number of carbonyl (C=O) groups excluding carboxylic acids is 1. The Bertz CT molecular complexity index is 672. The normalized spacial score (nSPS) is 15.6. The van der Waals surface area contributed by atoms with Crippen LogP contribution in [0.5, 0.6) is 0 Å². The quantitative estimate of drug-likeness (QED) is 0.853. The second-order valence-corrected chi connectivity index (χ2v) is 5.71. The molecule has 0 atom stereocenters. The van der Waals surface area contributed by atoms with Gasteiger partial charge in [-0.15, -0.1) is 0 Å². The smallest absolute Gasteiger partial charge is 0.257 e. The number of likely N-dealkylation sites (tertiary alicyclic amines) is 1. The summed E-state index contributed by atoms with van der Waals surface area (Å²) in [6.07, 6.45) is 6.00. The van der Waals surface area contributed by atoms with Crippen LogP contribution in [0.3, 0.4) is 0 Å². The maximum absolute atomic E-state index is 13.9. The third-order valence-corrected chi connectivity index (χ3v) is 4.21. The molecule has 22 heavy (non-hydrogen) atoms. The number of carbonyl (C=O) groups is 1. The second kappa shape index (κ2) is 6.30. The summed E-state index contributed by atoms with van der Waals surface area (Å²) < 4.78 is 15.4. The maximum Gasteiger partial charge on any atom is 0.257 e. The Morgan fingerprint density at radius 2 is 1.82 bits per heavy atom. The van der Waals surface area contributed by atoms with Crippen LogP contribution in [-0.2, 0) is 0 Å². The van der Waals surface area contributed by atoms with Gasteiger partial charge < -0.3 is 4.90 Å². The standard InChI is InChI=1S/C17H20FN3O/c1-13-14(17(22)20-10-6-2-3-7-11-20)12-19-21(13)16-9-5-4-8-15(16)18/h4-5,8-9,12H,2-3,6-7,10-11H2,1H3. The molecular formula is C17H20FN3O. The molecule has 4 nitrogen and oxygen atoms in total. The first kappa shape index (κ1) is 14.8. The van der Waals surface area contributed by atoms with Gasteiger partial charge in [-0.05, 0) is 31.9 Å². The third-order valence-electron chi connectivity index (χ3n) is 4.21. The number of benzene rings is 1. The Labute approximate surface area is 129 Å². The zero-order valence-electron chi connectivity index (χ0n) is 12.8. The lowest BCUT2D eigenvalue weighted by atomic mass is 10.2. The first-order valence-corrected chi connectivity index (χ1v) is 7.77. The van der Waals surface area contributed by atoms with Crippen LogP contribution in [0.1, 0.15) is 41.7 Å². The van der Waals surface area contributed by atoms with Gasteiger partial charge in [0.2, 0.25) is 0 Å². The van der Waals surface area contributed by atoms with Gasteiger partial charge in [0.15, 0.2) is 0 Å². The lowest BCUT2D eigenvalue weighted by Gasteiger charge is -2.20. The Morgan fingerprint density at radius 1 is 1.14 bits per heavy atom. The van der Waals surface area contributed by atoms with Crippen LogP contribution in [0.25, 0.3) is 5.69 Å². The summed E-state index contributed by atoms with van der Waals surface area (Å²) in [7, 11) is 0. The van der Waals surface area contributed by atoms with Crippen molar-refractivity contribution < 1.29 is 9.18 Å². The number of para-hydroxylation sites is 1. The molecule has 1 aromatic heterocycles. The predicted molar refractivity (Wildman–Crippen MR) is 82.6 cm³/mol. The first-order chi connectivity index (χ1) is 10.7. The topological polar surface area (TPSA) is 38.1 Å². The molecule has 1 aliphatic heterocycles. The summed E-state index contributed by atoms with van der Waals surface area (Å²) in [6, 6.07) is 6.46. The van der Waals surface area contributed by atoms with Gasteiger partial charge in [-0.25, -0.2) is 9.07 Å². The molecule has 0 saturated carbocycles. The van der Waals surface area contributed by atoms with Gasteiger partial charge >= 0.3 is 0 Å². The Morgan fingerprint density at radius 3 is 2.50 bits per heavy atom. The van der Waals surface area contributed by atoms with Crippen molar-refractivity contribution in [3.8, 4) is 5.69 Å². The fraction of sp³-hybridized carbons (Fsp3) is 0.412. The van der Waals surface area contributed by atoms with Crippen molar-refractivity contribution in [3.63, 3.8) is 0 Å². The van der Waals surface area contributed by atoms with Crippen LogP contribution < -0.4 is 0 Å². The van der Waals surface area contributed by atoms with Gasteiger partial charge in [0.05, 0.1) is 17.5 Å². The van der Waals surface area contributed by atoms with Crippen LogP contribution in [0.4, 0.5) is 4.39 Å². The van der Waals surface area contributed by atoms with Crippen molar-refractivity contribution in [1.29, 1.82) is 0 Å². The van der Waals surface area contributed by atoms with Gasteiger partial charge in [0.25, 0.3) is 5.91 Å². The second-order valence-electron chi connectivity index (χ2n) is 5.71. The van der Waals surface area contributed by atoms with Crippen LogP contribution in [0, 0.1) is 12.7 Å². The molecule has 0 spiro atoms. The van der Waals surface area contributed by atoms with Gasteiger partial charge in [0.1, 0.15) is 11.5 Å². The lowest BCUT2D eigenvalue weighted by molar-refractivity contribution is 0.0761. The number of halogens is 1. The number of hydrogen-bond acceptors (Lipinski definition) is 2. The van der Waals surface area contributed by atoms with E-state index in [1.807, 2.05) is 11.8 Å². The molecule has 5 heteroatoms. The summed E-state index contributed by atoms with van der Waals surface area (Å²) in [5, 5.41) is 4.22. The van der Waals surface area contributed by atoms with Gasteiger partial charge in [-0.2, -0.15) is 5.10 Å². The molecule has 0 N–H and O–H groups in total. The molecule has 2 heterocycles. The van der Waals surface area contributed by atoms with Crippen LogP contribution in [0.2, 0.25) is 0 Å². The van der Waals surface area contributed by atoms with E-state index in [4.69, 9.17) is 0 Å². The molecule has 1 fully saturated rings. The highest BCUT2D eigenvalue weighted by molar-refractivity contribution is 5.95. The molecular weight excluding hydrogens is 281 g/mol. The third kappa shape index (κ3) is 2.75. The number of hydrogen-bond donors (Lipinski definition) is 0. The molecule has 0 unspecified atom stereocenters. The monoisotopic (exact) mass is 301 g/mol. The van der Waals surface area contributed by atoms with Crippen LogP contribution >= 0.6 is 0 Å². The van der Waals surface area contributed by atoms with E-state index in [2.05, 4.69) is 5.10 Å². The lowest BCUT2D eigenvalue weighted by Crippen LogP contribution is -2.32. The van der Waals surface area contributed by atoms with Crippen molar-refractivity contribution >= 4 is 5.91 Å². The van der Waals surface area contributed by atoms with E-state index < -0.39 is 0 Å². The van der Waals surface area contributed by atoms with Gasteiger partial charge in [0, 0.05) is 13.1 Å². The van der Waals surface area contributed by atoms with Crippen molar-refractivity contribution in [2.75, 3.05) is 13.1 Å². The van der Waals surface area contributed by atoms with E-state index in [0.717, 1.165) is 25.9 Å². The highest BCUT2D eigenvalue weighted by atomic mass is 19.1. The highest BCUT2D eigenvalue weighted by Crippen LogP contribution is 2.19. The minimum absolute atomic E-state index is 0.00184. The van der Waals surface area contributed by atoms with Crippen LogP contribution in [-0.4, -0.2) is 33.7 Å². The Kier molecular flexibility index (Phi) is 4.22. The summed E-state index contributed by atoms with van der Waals surface area (Å²) >= 11 is 0. The fourth-order valence-electron chi connectivity index (χ4n) is 2.93. The van der Waals surface area contributed by atoms with E-state index in [9.17, 15) is 9.18 Å². The fourth-order valence-corrected chi connectivity index (χ4v) is 2.93. The summed E-state index contributed by atoms with van der Waals surface area (Å²) in [5.41, 5.74) is 1.61. The summed E-state index contributed by atoms with van der Waals surface area (Å²) in [5.74, 6) is -0.343. The summed E-state index contributed by atoms with van der Waals surface area (Å²) in [6.45, 7) is 3.40. The Hall–Kier alpha value is -2.17. The molecule has 3 rings (SSSR count). The van der Waals surface area contributed by atoms with Crippen LogP contribution in [0.15, 0.2) is 30.5 Å². The average Bonchev–Trinajstić information content (AvgIpc) is 2.75. The van der Waals surface area contributed by atoms with E-state index in [-0.39, 0.29) is 11.7 Å². The minimum Gasteiger partial charge on any atom is -0.339 e. The number of nitrogens with zero attached hydrogens (tertiary/aromatic N) is 3. The van der Waals surface area contributed by atoms with Crippen molar-refractivity contribution in [1.82, 2.24) is 14.7 Å². The molecule has 1 amide bonds. The molecule has 1 saturated heterocycles. The van der Waals surface area contributed by atoms with Gasteiger partial charge in [-0.1, -0.05) is 25.0 Å². The highest BCUT2D eigenvalue weighted by Gasteiger charge is 2.22. The molecule has 116 valence electrons. The average molecular weight is 301 g/mol. The zero-order chi connectivity index (χ0) is 15.5. The number of aromatic nitrogens is 2. The molecule has 2 aromatic rings. The van der Waals surface area contributed by atoms with Gasteiger partial charge in [-0.3, -0.25) is 4.79 Å². The zero-order valence-corrected chi connectivity index (χ0v) is 12.8. The minimum atomic E-state index is -0.345. The summed E-state index contributed by atoms with van der Waals surface area (Å²) in [4.78, 5) is 14.6. The molecule has 1 aromatic carbocycles. The van der Waals surface area contributed by atoms with E-state index in [1.54, 1.807) is 24.4 Å². The largest absolute Gasteiger partial charge is 0.339 e. The van der Waals surface area contributed by atoms with E-state index in [1.165, 1.54) is 23.6 Å². The predicted octanol–water partition coefficient (Wildman–Crippen LogP) is 3.34. The van der Waals surface area contributed by atoms with E-state index >= 15 is 0 Å². The molecule has 1 aliphatic rings. The molecule has 0 bridgehead atoms. The van der Waals surface area contributed by atoms with E-state index in [0.29, 0.717) is 16.9 Å².